The zero-order valence-corrected chi connectivity index (χ0v) is 10.6. The van der Waals surface area contributed by atoms with Crippen LogP contribution < -0.4 is 5.32 Å². The molecular weight excluding hydrogens is 186 g/mol. The number of hydrogen-bond donors (Lipinski definition) is 1. The fraction of sp³-hybridized carbons (Fsp3) is 0.917. The monoisotopic (exact) mass is 211 g/mol. The third-order valence-corrected chi connectivity index (χ3v) is 2.44. The van der Waals surface area contributed by atoms with Gasteiger partial charge in [-0.3, -0.25) is 0 Å². The number of rotatable bonds is 8. The number of hydrogen-bond acceptors (Lipinski definition) is 3. The van der Waals surface area contributed by atoms with Crippen molar-refractivity contribution in [3.05, 3.63) is 0 Å². The Morgan fingerprint density at radius 3 is 2.40 bits per heavy atom. The van der Waals surface area contributed by atoms with Crippen LogP contribution in [0.15, 0.2) is 0 Å². The van der Waals surface area contributed by atoms with Crippen LogP contribution in [0.25, 0.3) is 0 Å². The van der Waals surface area contributed by atoms with E-state index in [-0.39, 0.29) is 5.41 Å². The van der Waals surface area contributed by atoms with E-state index in [1.54, 1.807) is 0 Å². The number of nitriles is 1. The van der Waals surface area contributed by atoms with Crippen LogP contribution in [-0.4, -0.2) is 38.6 Å². The summed E-state index contributed by atoms with van der Waals surface area (Å²) in [6, 6.07) is 2.31. The van der Waals surface area contributed by atoms with Crippen LogP contribution in [0, 0.1) is 16.7 Å². The smallest absolute Gasteiger partial charge is 0.0684 e. The predicted octanol–water partition coefficient (Wildman–Crippen LogP) is 1.86. The standard InChI is InChI=1S/C12H25N3/c1-12(2,11-13)7-9-14-8-5-6-10-15(3)4/h14H,5-10H2,1-4H3. The third kappa shape index (κ3) is 9.71. The molecule has 0 rings (SSSR count). The Kier molecular flexibility index (Phi) is 7.37. The number of nitrogens with zero attached hydrogens (tertiary/aromatic N) is 2. The molecule has 3 heteroatoms. The van der Waals surface area contributed by atoms with Crippen molar-refractivity contribution in [2.45, 2.75) is 33.1 Å². The van der Waals surface area contributed by atoms with Gasteiger partial charge in [0.15, 0.2) is 0 Å². The highest BCUT2D eigenvalue weighted by atomic mass is 15.0. The van der Waals surface area contributed by atoms with E-state index in [1.807, 2.05) is 13.8 Å². The fourth-order valence-corrected chi connectivity index (χ4v) is 1.26. The van der Waals surface area contributed by atoms with Gasteiger partial charge >= 0.3 is 0 Å². The summed E-state index contributed by atoms with van der Waals surface area (Å²) in [5.74, 6) is 0. The first-order valence-electron chi connectivity index (χ1n) is 5.74. The van der Waals surface area contributed by atoms with Gasteiger partial charge in [-0.05, 0) is 66.8 Å². The molecule has 0 heterocycles. The second-order valence-electron chi connectivity index (χ2n) is 5.01. The Labute approximate surface area is 94.5 Å². The molecule has 0 unspecified atom stereocenters. The summed E-state index contributed by atoms with van der Waals surface area (Å²) in [4.78, 5) is 2.21. The molecule has 0 saturated heterocycles. The summed E-state index contributed by atoms with van der Waals surface area (Å²) in [6.45, 7) is 7.14. The van der Waals surface area contributed by atoms with Gasteiger partial charge < -0.3 is 10.2 Å². The lowest BCUT2D eigenvalue weighted by Gasteiger charge is -2.15. The number of unbranched alkanes of at least 4 members (excludes halogenated alkanes) is 1. The summed E-state index contributed by atoms with van der Waals surface area (Å²) in [6.07, 6.45) is 3.38. The molecule has 0 radical (unpaired) electrons. The lowest BCUT2D eigenvalue weighted by Crippen LogP contribution is -2.23. The van der Waals surface area contributed by atoms with Crippen molar-refractivity contribution in [3.8, 4) is 6.07 Å². The molecule has 0 aromatic heterocycles. The van der Waals surface area contributed by atoms with Crippen LogP contribution in [0.4, 0.5) is 0 Å². The normalized spacial score (nSPS) is 11.7. The maximum Gasteiger partial charge on any atom is 0.0684 e. The Bertz CT molecular complexity index is 192. The fourth-order valence-electron chi connectivity index (χ4n) is 1.26. The van der Waals surface area contributed by atoms with E-state index in [0.29, 0.717) is 0 Å². The van der Waals surface area contributed by atoms with Crippen molar-refractivity contribution in [3.63, 3.8) is 0 Å². The highest BCUT2D eigenvalue weighted by molar-refractivity contribution is 4.91. The molecule has 0 amide bonds. The minimum atomic E-state index is -0.184. The Morgan fingerprint density at radius 2 is 1.87 bits per heavy atom. The molecule has 1 N–H and O–H groups in total. The van der Waals surface area contributed by atoms with Gasteiger partial charge in [0.2, 0.25) is 0 Å². The summed E-state index contributed by atoms with van der Waals surface area (Å²) < 4.78 is 0. The van der Waals surface area contributed by atoms with Gasteiger partial charge in [-0.1, -0.05) is 0 Å². The van der Waals surface area contributed by atoms with Gasteiger partial charge in [0, 0.05) is 0 Å². The van der Waals surface area contributed by atoms with Crippen molar-refractivity contribution in [2.75, 3.05) is 33.7 Å². The quantitative estimate of drug-likeness (QED) is 0.623. The second kappa shape index (κ2) is 7.67. The Balaban J connectivity index is 3.23. The lowest BCUT2D eigenvalue weighted by molar-refractivity contribution is 0.387. The average molecular weight is 211 g/mol. The van der Waals surface area contributed by atoms with Crippen molar-refractivity contribution in [1.82, 2.24) is 10.2 Å². The maximum atomic E-state index is 8.81. The molecule has 0 atom stereocenters. The van der Waals surface area contributed by atoms with Crippen LogP contribution in [0.1, 0.15) is 33.1 Å². The van der Waals surface area contributed by atoms with Gasteiger partial charge in [0.05, 0.1) is 11.5 Å². The molecule has 88 valence electrons. The topological polar surface area (TPSA) is 39.1 Å². The first-order valence-corrected chi connectivity index (χ1v) is 5.74. The average Bonchev–Trinajstić information content (AvgIpc) is 2.16. The molecule has 0 aliphatic rings. The van der Waals surface area contributed by atoms with Crippen LogP contribution in [0.2, 0.25) is 0 Å². The molecule has 0 bridgehead atoms. The van der Waals surface area contributed by atoms with Gasteiger partial charge in [-0.25, -0.2) is 0 Å². The predicted molar refractivity (Wildman–Crippen MR) is 64.7 cm³/mol. The summed E-state index contributed by atoms with van der Waals surface area (Å²) in [5.41, 5.74) is -0.184. The molecule has 0 aliphatic heterocycles. The molecule has 3 nitrogen and oxygen atoms in total. The number of nitrogens with one attached hydrogen (secondary N) is 1. The van der Waals surface area contributed by atoms with Crippen LogP contribution in [-0.2, 0) is 0 Å². The van der Waals surface area contributed by atoms with E-state index >= 15 is 0 Å². The van der Waals surface area contributed by atoms with E-state index in [4.69, 9.17) is 5.26 Å². The van der Waals surface area contributed by atoms with Gasteiger partial charge in [0.1, 0.15) is 0 Å². The van der Waals surface area contributed by atoms with E-state index in [2.05, 4.69) is 30.4 Å². The van der Waals surface area contributed by atoms with E-state index in [9.17, 15) is 0 Å². The first-order chi connectivity index (χ1) is 6.98. The van der Waals surface area contributed by atoms with E-state index in [0.717, 1.165) is 26.1 Å². The summed E-state index contributed by atoms with van der Waals surface area (Å²) >= 11 is 0. The van der Waals surface area contributed by atoms with Crippen LogP contribution >= 0.6 is 0 Å². The first kappa shape index (κ1) is 14.4. The van der Waals surface area contributed by atoms with Crippen LogP contribution in [0.5, 0.6) is 0 Å². The maximum absolute atomic E-state index is 8.81. The van der Waals surface area contributed by atoms with Crippen molar-refractivity contribution in [1.29, 1.82) is 5.26 Å². The summed E-state index contributed by atoms with van der Waals surface area (Å²) in [5, 5.41) is 12.2. The Morgan fingerprint density at radius 1 is 1.20 bits per heavy atom. The largest absolute Gasteiger partial charge is 0.317 e. The van der Waals surface area contributed by atoms with Gasteiger partial charge in [-0.2, -0.15) is 5.26 Å². The van der Waals surface area contributed by atoms with Gasteiger partial charge in [-0.15, -0.1) is 0 Å². The SMILES string of the molecule is CN(C)CCCCNCCC(C)(C)C#N. The zero-order chi connectivity index (χ0) is 11.7. The summed E-state index contributed by atoms with van der Waals surface area (Å²) in [7, 11) is 4.20. The molecule has 0 fully saturated rings. The molecule has 0 aliphatic carbocycles. The minimum Gasteiger partial charge on any atom is -0.317 e. The van der Waals surface area contributed by atoms with Gasteiger partial charge in [0.25, 0.3) is 0 Å². The molecule has 0 aromatic rings. The third-order valence-electron chi connectivity index (χ3n) is 2.44. The van der Waals surface area contributed by atoms with Crippen molar-refractivity contribution in [2.24, 2.45) is 5.41 Å². The second-order valence-corrected chi connectivity index (χ2v) is 5.01. The zero-order valence-electron chi connectivity index (χ0n) is 10.6. The van der Waals surface area contributed by atoms with E-state index < -0.39 is 0 Å². The van der Waals surface area contributed by atoms with Crippen molar-refractivity contribution < 1.29 is 0 Å². The highest BCUT2D eigenvalue weighted by Gasteiger charge is 2.14. The van der Waals surface area contributed by atoms with E-state index in [1.165, 1.54) is 12.8 Å². The highest BCUT2D eigenvalue weighted by Crippen LogP contribution is 2.16. The molecule has 15 heavy (non-hydrogen) atoms. The molecular formula is C12H25N3. The lowest BCUT2D eigenvalue weighted by atomic mass is 9.91. The van der Waals surface area contributed by atoms with Crippen molar-refractivity contribution >= 4 is 0 Å². The van der Waals surface area contributed by atoms with Crippen LogP contribution in [0.3, 0.4) is 0 Å². The molecule has 0 spiro atoms. The minimum absolute atomic E-state index is 0.184. The molecule has 0 saturated carbocycles. The Hall–Kier alpha value is -0.590. The molecule has 0 aromatic carbocycles.